The number of aliphatic hydroxyl groups is 1. The van der Waals surface area contributed by atoms with Crippen LogP contribution in [0.15, 0.2) is 30.7 Å². The number of nitrogens with one attached hydrogen (secondary N) is 2. The van der Waals surface area contributed by atoms with E-state index in [4.69, 9.17) is 17.0 Å². The SMILES string of the molecule is CC(C)(O)Cn1cc(C(=O)NC(=N)C(C)(c2ccc(Cl)nc2)C2CC2)cn1. The van der Waals surface area contributed by atoms with E-state index >= 15 is 0 Å². The summed E-state index contributed by atoms with van der Waals surface area (Å²) >= 11 is 5.89. The molecule has 7 nitrogen and oxygen atoms in total. The molecule has 2 aromatic rings. The maximum atomic E-state index is 12.6. The van der Waals surface area contributed by atoms with E-state index in [1.165, 1.54) is 10.9 Å². The molecule has 27 heavy (non-hydrogen) atoms. The Kier molecular flexibility index (Phi) is 5.10. The van der Waals surface area contributed by atoms with Crippen molar-refractivity contribution >= 4 is 23.3 Å². The van der Waals surface area contributed by atoms with Gasteiger partial charge in [-0.1, -0.05) is 17.7 Å². The Hall–Kier alpha value is -2.25. The highest BCUT2D eigenvalue weighted by molar-refractivity contribution is 6.29. The maximum absolute atomic E-state index is 12.6. The lowest BCUT2D eigenvalue weighted by Crippen LogP contribution is -2.46. The summed E-state index contributed by atoms with van der Waals surface area (Å²) in [5.41, 5.74) is -0.358. The Balaban J connectivity index is 1.76. The zero-order chi connectivity index (χ0) is 19.8. The Labute approximate surface area is 163 Å². The van der Waals surface area contributed by atoms with Crippen molar-refractivity contribution in [2.45, 2.75) is 51.2 Å². The Morgan fingerprint density at radius 1 is 1.37 bits per heavy atom. The quantitative estimate of drug-likeness (QED) is 0.401. The van der Waals surface area contributed by atoms with Gasteiger partial charge in [-0.25, -0.2) is 4.98 Å². The minimum absolute atomic E-state index is 0.134. The first-order valence-electron chi connectivity index (χ1n) is 8.87. The van der Waals surface area contributed by atoms with Crippen molar-refractivity contribution in [3.05, 3.63) is 47.0 Å². The minimum Gasteiger partial charge on any atom is -0.389 e. The van der Waals surface area contributed by atoms with Gasteiger partial charge in [-0.05, 0) is 51.2 Å². The fourth-order valence-electron chi connectivity index (χ4n) is 3.21. The molecule has 1 fully saturated rings. The van der Waals surface area contributed by atoms with Crippen LogP contribution in [-0.2, 0) is 12.0 Å². The van der Waals surface area contributed by atoms with E-state index in [1.54, 1.807) is 32.3 Å². The molecule has 1 saturated carbocycles. The van der Waals surface area contributed by atoms with Crippen molar-refractivity contribution in [1.29, 1.82) is 5.41 Å². The Bertz CT molecular complexity index is 852. The van der Waals surface area contributed by atoms with E-state index in [9.17, 15) is 9.90 Å². The first kappa shape index (κ1) is 19.5. The van der Waals surface area contributed by atoms with Crippen LogP contribution in [0.25, 0.3) is 0 Å². The molecule has 1 amide bonds. The van der Waals surface area contributed by atoms with E-state index in [1.807, 2.05) is 13.0 Å². The average Bonchev–Trinajstić information content (AvgIpc) is 3.34. The van der Waals surface area contributed by atoms with Crippen molar-refractivity contribution in [3.8, 4) is 0 Å². The molecule has 0 aliphatic heterocycles. The van der Waals surface area contributed by atoms with Crippen molar-refractivity contribution in [2.75, 3.05) is 0 Å². The highest BCUT2D eigenvalue weighted by Crippen LogP contribution is 2.47. The lowest BCUT2D eigenvalue weighted by Gasteiger charge is -2.31. The zero-order valence-corrected chi connectivity index (χ0v) is 16.4. The fraction of sp³-hybridized carbons (Fsp3) is 0.474. The van der Waals surface area contributed by atoms with Crippen LogP contribution in [0.4, 0.5) is 0 Å². The van der Waals surface area contributed by atoms with E-state index in [2.05, 4.69) is 15.4 Å². The molecule has 1 aliphatic carbocycles. The minimum atomic E-state index is -0.932. The molecule has 3 N–H and O–H groups in total. The number of hydrogen-bond donors (Lipinski definition) is 3. The number of pyridine rings is 1. The van der Waals surface area contributed by atoms with Crippen LogP contribution in [0.3, 0.4) is 0 Å². The number of amides is 1. The second-order valence-corrected chi connectivity index (χ2v) is 8.30. The maximum Gasteiger partial charge on any atom is 0.259 e. The molecule has 0 bridgehead atoms. The van der Waals surface area contributed by atoms with Gasteiger partial charge in [0.1, 0.15) is 11.0 Å². The lowest BCUT2D eigenvalue weighted by atomic mass is 9.77. The van der Waals surface area contributed by atoms with E-state index in [-0.39, 0.29) is 18.3 Å². The van der Waals surface area contributed by atoms with Crippen molar-refractivity contribution in [3.63, 3.8) is 0 Å². The third-order valence-electron chi connectivity index (χ3n) is 4.92. The summed E-state index contributed by atoms with van der Waals surface area (Å²) in [4.78, 5) is 16.7. The number of hydrogen-bond acceptors (Lipinski definition) is 5. The Morgan fingerprint density at radius 3 is 2.63 bits per heavy atom. The van der Waals surface area contributed by atoms with Gasteiger partial charge in [0.25, 0.3) is 5.91 Å². The van der Waals surface area contributed by atoms with Gasteiger partial charge in [-0.2, -0.15) is 5.10 Å². The zero-order valence-electron chi connectivity index (χ0n) is 15.7. The van der Waals surface area contributed by atoms with Gasteiger partial charge in [0.05, 0.1) is 29.3 Å². The Morgan fingerprint density at radius 2 is 2.07 bits per heavy atom. The summed E-state index contributed by atoms with van der Waals surface area (Å²) in [5, 5.41) is 25.7. The van der Waals surface area contributed by atoms with Gasteiger partial charge in [0.15, 0.2) is 0 Å². The average molecular weight is 390 g/mol. The molecule has 8 heteroatoms. The van der Waals surface area contributed by atoms with Crippen molar-refractivity contribution in [1.82, 2.24) is 20.1 Å². The highest BCUT2D eigenvalue weighted by atomic mass is 35.5. The first-order valence-corrected chi connectivity index (χ1v) is 9.24. The highest BCUT2D eigenvalue weighted by Gasteiger charge is 2.47. The van der Waals surface area contributed by atoms with Gasteiger partial charge in [-0.3, -0.25) is 14.9 Å². The van der Waals surface area contributed by atoms with Crippen LogP contribution in [-0.4, -0.2) is 37.2 Å². The molecular weight excluding hydrogens is 366 g/mol. The monoisotopic (exact) mass is 389 g/mol. The lowest BCUT2D eigenvalue weighted by molar-refractivity contribution is 0.0576. The predicted octanol–water partition coefficient (Wildman–Crippen LogP) is 2.78. The van der Waals surface area contributed by atoms with Crippen molar-refractivity contribution < 1.29 is 9.90 Å². The fourth-order valence-corrected chi connectivity index (χ4v) is 3.32. The van der Waals surface area contributed by atoms with Gasteiger partial charge in [-0.15, -0.1) is 0 Å². The molecule has 1 atom stereocenters. The van der Waals surface area contributed by atoms with Gasteiger partial charge < -0.3 is 10.4 Å². The first-order chi connectivity index (χ1) is 12.6. The van der Waals surface area contributed by atoms with E-state index in [0.29, 0.717) is 10.7 Å². The molecule has 1 aliphatic rings. The van der Waals surface area contributed by atoms with E-state index in [0.717, 1.165) is 18.4 Å². The van der Waals surface area contributed by atoms with Crippen LogP contribution in [0.1, 0.15) is 49.5 Å². The molecule has 2 aromatic heterocycles. The second-order valence-electron chi connectivity index (χ2n) is 7.91. The number of carbonyl (C=O) groups is 1. The number of nitrogens with zero attached hydrogens (tertiary/aromatic N) is 3. The molecule has 0 radical (unpaired) electrons. The molecule has 0 spiro atoms. The van der Waals surface area contributed by atoms with Crippen LogP contribution < -0.4 is 5.32 Å². The standard InChI is InChI=1S/C19H24ClN5O2/c1-18(2,27)11-25-10-12(8-23-25)16(26)24-17(21)19(3,13-4-5-13)14-6-7-15(20)22-9-14/h6-10,13,27H,4-5,11H2,1-3H3,(H2,21,24,26). The summed E-state index contributed by atoms with van der Waals surface area (Å²) in [5.74, 6) is 0.0244. The second kappa shape index (κ2) is 7.05. The predicted molar refractivity (Wildman–Crippen MR) is 103 cm³/mol. The van der Waals surface area contributed by atoms with Gasteiger partial charge >= 0.3 is 0 Å². The number of halogens is 1. The smallest absolute Gasteiger partial charge is 0.259 e. The molecular formula is C19H24ClN5O2. The van der Waals surface area contributed by atoms with Crippen molar-refractivity contribution in [2.24, 2.45) is 5.92 Å². The number of amidine groups is 1. The molecule has 3 rings (SSSR count). The molecule has 1 unspecified atom stereocenters. The summed E-state index contributed by atoms with van der Waals surface area (Å²) < 4.78 is 1.52. The molecule has 0 aromatic carbocycles. The van der Waals surface area contributed by atoms with E-state index < -0.39 is 16.9 Å². The van der Waals surface area contributed by atoms with Gasteiger partial charge in [0.2, 0.25) is 0 Å². The van der Waals surface area contributed by atoms with Gasteiger partial charge in [0, 0.05) is 12.4 Å². The molecule has 0 saturated heterocycles. The number of aromatic nitrogens is 3. The van der Waals surface area contributed by atoms with Crippen LogP contribution in [0.5, 0.6) is 0 Å². The third kappa shape index (κ3) is 4.36. The van der Waals surface area contributed by atoms with Crippen LogP contribution in [0.2, 0.25) is 5.15 Å². The number of carbonyl (C=O) groups excluding carboxylic acids is 1. The summed E-state index contributed by atoms with van der Waals surface area (Å²) in [7, 11) is 0. The molecule has 2 heterocycles. The largest absolute Gasteiger partial charge is 0.389 e. The summed E-state index contributed by atoms with van der Waals surface area (Å²) in [6.07, 6.45) is 6.68. The normalized spacial score (nSPS) is 16.6. The summed E-state index contributed by atoms with van der Waals surface area (Å²) in [6.45, 7) is 5.57. The topological polar surface area (TPSA) is 104 Å². The van der Waals surface area contributed by atoms with Crippen LogP contribution in [0, 0.1) is 11.3 Å². The number of rotatable bonds is 6. The van der Waals surface area contributed by atoms with Crippen LogP contribution >= 0.6 is 11.6 Å². The molecule has 144 valence electrons. The summed E-state index contributed by atoms with van der Waals surface area (Å²) in [6, 6.07) is 3.56. The third-order valence-corrected chi connectivity index (χ3v) is 5.15.